The normalized spacial score (nSPS) is 27.1. The first kappa shape index (κ1) is 12.6. The Morgan fingerprint density at radius 2 is 2.18 bits per heavy atom. The maximum Gasteiger partial charge on any atom is 0.0797 e. The average Bonchev–Trinajstić information content (AvgIpc) is 2.68. The fraction of sp³-hybridized carbons (Fsp3) is 0.786. The molecule has 3 heteroatoms. The van der Waals surface area contributed by atoms with Gasteiger partial charge in [-0.1, -0.05) is 32.6 Å². The third-order valence-electron chi connectivity index (χ3n) is 4.43. The molecule has 3 nitrogen and oxygen atoms in total. The molecule has 1 fully saturated rings. The lowest BCUT2D eigenvalue weighted by atomic mass is 9.73. The minimum absolute atomic E-state index is 0.125. The molecular formula is C14H25N3. The second kappa shape index (κ2) is 5.21. The molecule has 0 amide bonds. The highest BCUT2D eigenvalue weighted by atomic mass is 15.3. The van der Waals surface area contributed by atoms with Gasteiger partial charge in [0, 0.05) is 12.7 Å². The molecule has 17 heavy (non-hydrogen) atoms. The van der Waals surface area contributed by atoms with E-state index in [9.17, 15) is 0 Å². The van der Waals surface area contributed by atoms with E-state index in [4.69, 9.17) is 5.73 Å². The Bertz CT molecular complexity index is 350. The number of aromatic nitrogens is 2. The highest BCUT2D eigenvalue weighted by Gasteiger charge is 2.30. The van der Waals surface area contributed by atoms with E-state index in [0.29, 0.717) is 5.92 Å². The minimum Gasteiger partial charge on any atom is -0.322 e. The molecule has 0 aliphatic heterocycles. The first-order chi connectivity index (χ1) is 8.13. The van der Waals surface area contributed by atoms with Gasteiger partial charge in [-0.2, -0.15) is 5.10 Å². The van der Waals surface area contributed by atoms with Gasteiger partial charge in [0.2, 0.25) is 0 Å². The van der Waals surface area contributed by atoms with Gasteiger partial charge in [-0.15, -0.1) is 0 Å². The van der Waals surface area contributed by atoms with Crippen LogP contribution in [0.4, 0.5) is 0 Å². The standard InChI is InChI=1S/C14H25N3/c1-4-11-7-5-6-8-12(11)14(15)13-9-10(2)17(3)16-13/h9,11-12,14H,4-8,15H2,1-3H3. The second-order valence-electron chi connectivity index (χ2n) is 5.48. The van der Waals surface area contributed by atoms with Crippen molar-refractivity contribution in [3.8, 4) is 0 Å². The zero-order chi connectivity index (χ0) is 12.4. The molecular weight excluding hydrogens is 210 g/mol. The SMILES string of the molecule is CCC1CCCCC1C(N)c1cc(C)n(C)n1. The molecule has 1 heterocycles. The van der Waals surface area contributed by atoms with Crippen LogP contribution in [0.15, 0.2) is 6.07 Å². The van der Waals surface area contributed by atoms with Crippen LogP contribution in [0.5, 0.6) is 0 Å². The smallest absolute Gasteiger partial charge is 0.0797 e. The van der Waals surface area contributed by atoms with Crippen LogP contribution >= 0.6 is 0 Å². The van der Waals surface area contributed by atoms with Gasteiger partial charge in [0.05, 0.1) is 11.7 Å². The van der Waals surface area contributed by atoms with Gasteiger partial charge >= 0.3 is 0 Å². The zero-order valence-electron chi connectivity index (χ0n) is 11.3. The van der Waals surface area contributed by atoms with Crippen molar-refractivity contribution >= 4 is 0 Å². The van der Waals surface area contributed by atoms with Gasteiger partial charge in [-0.25, -0.2) is 0 Å². The number of hydrogen-bond acceptors (Lipinski definition) is 2. The Morgan fingerprint density at radius 3 is 2.76 bits per heavy atom. The van der Waals surface area contributed by atoms with E-state index < -0.39 is 0 Å². The van der Waals surface area contributed by atoms with Crippen molar-refractivity contribution in [2.24, 2.45) is 24.6 Å². The van der Waals surface area contributed by atoms with Crippen molar-refractivity contribution in [3.63, 3.8) is 0 Å². The predicted molar refractivity (Wildman–Crippen MR) is 70.6 cm³/mol. The summed E-state index contributed by atoms with van der Waals surface area (Å²) in [6.07, 6.45) is 6.59. The summed E-state index contributed by atoms with van der Waals surface area (Å²) in [5.74, 6) is 1.42. The number of rotatable bonds is 3. The van der Waals surface area contributed by atoms with Crippen molar-refractivity contribution in [3.05, 3.63) is 17.5 Å². The maximum absolute atomic E-state index is 6.44. The van der Waals surface area contributed by atoms with Crippen molar-refractivity contribution in [2.75, 3.05) is 0 Å². The molecule has 0 spiro atoms. The molecule has 1 aromatic heterocycles. The van der Waals surface area contributed by atoms with Crippen LogP contribution in [0.1, 0.15) is 56.5 Å². The van der Waals surface area contributed by atoms with Crippen molar-refractivity contribution in [2.45, 2.75) is 52.0 Å². The molecule has 3 unspecified atom stereocenters. The molecule has 96 valence electrons. The van der Waals surface area contributed by atoms with E-state index in [1.54, 1.807) is 0 Å². The molecule has 0 bridgehead atoms. The van der Waals surface area contributed by atoms with E-state index in [0.717, 1.165) is 11.6 Å². The highest BCUT2D eigenvalue weighted by Crippen LogP contribution is 2.38. The van der Waals surface area contributed by atoms with Crippen LogP contribution in [0, 0.1) is 18.8 Å². The molecule has 0 saturated heterocycles. The van der Waals surface area contributed by atoms with Gasteiger partial charge in [0.1, 0.15) is 0 Å². The molecule has 0 aromatic carbocycles. The number of aryl methyl sites for hydroxylation is 2. The maximum atomic E-state index is 6.44. The third-order valence-corrected chi connectivity index (χ3v) is 4.43. The topological polar surface area (TPSA) is 43.8 Å². The van der Waals surface area contributed by atoms with E-state index in [-0.39, 0.29) is 6.04 Å². The largest absolute Gasteiger partial charge is 0.322 e. The summed E-state index contributed by atoms with van der Waals surface area (Å²) in [4.78, 5) is 0. The Balaban J connectivity index is 2.14. The van der Waals surface area contributed by atoms with Gasteiger partial charge < -0.3 is 5.73 Å². The molecule has 2 rings (SSSR count). The third kappa shape index (κ3) is 2.54. The molecule has 1 aromatic rings. The van der Waals surface area contributed by atoms with Gasteiger partial charge in [0.25, 0.3) is 0 Å². The molecule has 1 aliphatic carbocycles. The van der Waals surface area contributed by atoms with Crippen molar-refractivity contribution in [1.29, 1.82) is 0 Å². The molecule has 3 atom stereocenters. The second-order valence-corrected chi connectivity index (χ2v) is 5.48. The van der Waals surface area contributed by atoms with Gasteiger partial charge in [-0.3, -0.25) is 4.68 Å². The van der Waals surface area contributed by atoms with Gasteiger partial charge in [-0.05, 0) is 31.2 Å². The highest BCUT2D eigenvalue weighted by molar-refractivity contribution is 5.13. The van der Waals surface area contributed by atoms with Crippen LogP contribution in [0.2, 0.25) is 0 Å². The summed E-state index contributed by atoms with van der Waals surface area (Å²) in [5, 5.41) is 4.55. The van der Waals surface area contributed by atoms with E-state index in [2.05, 4.69) is 25.0 Å². The quantitative estimate of drug-likeness (QED) is 0.875. The lowest BCUT2D eigenvalue weighted by Crippen LogP contribution is -2.30. The first-order valence-electron chi connectivity index (χ1n) is 6.89. The van der Waals surface area contributed by atoms with Crippen LogP contribution in [-0.4, -0.2) is 9.78 Å². The Morgan fingerprint density at radius 1 is 1.47 bits per heavy atom. The average molecular weight is 235 g/mol. The lowest BCUT2D eigenvalue weighted by Gasteiger charge is -2.34. The van der Waals surface area contributed by atoms with Crippen LogP contribution in [0.25, 0.3) is 0 Å². The van der Waals surface area contributed by atoms with Crippen molar-refractivity contribution in [1.82, 2.24) is 9.78 Å². The summed E-state index contributed by atoms with van der Waals surface area (Å²) in [6, 6.07) is 2.27. The number of nitrogens with zero attached hydrogens (tertiary/aromatic N) is 2. The number of nitrogens with two attached hydrogens (primary N) is 1. The first-order valence-corrected chi connectivity index (χ1v) is 6.89. The van der Waals surface area contributed by atoms with E-state index in [1.165, 1.54) is 37.8 Å². The van der Waals surface area contributed by atoms with Crippen LogP contribution in [-0.2, 0) is 7.05 Å². The summed E-state index contributed by atoms with van der Waals surface area (Å²) >= 11 is 0. The Labute approximate surface area is 104 Å². The molecule has 0 radical (unpaired) electrons. The summed E-state index contributed by atoms with van der Waals surface area (Å²) in [6.45, 7) is 4.38. The molecule has 2 N–H and O–H groups in total. The van der Waals surface area contributed by atoms with E-state index >= 15 is 0 Å². The van der Waals surface area contributed by atoms with Crippen LogP contribution < -0.4 is 5.73 Å². The summed E-state index contributed by atoms with van der Waals surface area (Å²) in [7, 11) is 1.99. The fourth-order valence-electron chi connectivity index (χ4n) is 3.19. The van der Waals surface area contributed by atoms with E-state index in [1.807, 2.05) is 11.7 Å². The minimum atomic E-state index is 0.125. The number of hydrogen-bond donors (Lipinski definition) is 1. The Hall–Kier alpha value is -0.830. The summed E-state index contributed by atoms with van der Waals surface area (Å²) in [5.41, 5.74) is 8.71. The Kier molecular flexibility index (Phi) is 3.87. The predicted octanol–water partition coefficient (Wildman–Crippen LogP) is 2.94. The monoisotopic (exact) mass is 235 g/mol. The molecule has 1 aliphatic rings. The van der Waals surface area contributed by atoms with Crippen molar-refractivity contribution < 1.29 is 0 Å². The lowest BCUT2D eigenvalue weighted by molar-refractivity contribution is 0.194. The molecule has 1 saturated carbocycles. The fourth-order valence-corrected chi connectivity index (χ4v) is 3.19. The van der Waals surface area contributed by atoms with Gasteiger partial charge in [0.15, 0.2) is 0 Å². The van der Waals surface area contributed by atoms with Crippen LogP contribution in [0.3, 0.4) is 0 Å². The zero-order valence-corrected chi connectivity index (χ0v) is 11.3. The summed E-state index contributed by atoms with van der Waals surface area (Å²) < 4.78 is 1.93.